The van der Waals surface area contributed by atoms with Crippen LogP contribution >= 0.6 is 0 Å². The number of rotatable bonds is 5. The fourth-order valence-corrected chi connectivity index (χ4v) is 1.65. The third kappa shape index (κ3) is 3.24. The molecule has 1 unspecified atom stereocenters. The Balaban J connectivity index is 3.02. The minimum atomic E-state index is -1.44. The smallest absolute Gasteiger partial charge is 0.194 e. The van der Waals surface area contributed by atoms with Gasteiger partial charge in [-0.3, -0.25) is 0 Å². The van der Waals surface area contributed by atoms with E-state index in [0.717, 1.165) is 6.07 Å². The number of hydrogen-bond acceptors (Lipinski definition) is 1. The predicted octanol–water partition coefficient (Wildman–Crippen LogP) is 3.17. The van der Waals surface area contributed by atoms with Gasteiger partial charge in [-0.1, -0.05) is 13.0 Å². The van der Waals surface area contributed by atoms with Gasteiger partial charge in [0.25, 0.3) is 0 Å². The summed E-state index contributed by atoms with van der Waals surface area (Å²) >= 11 is 0. The first kappa shape index (κ1) is 13.6. The van der Waals surface area contributed by atoms with Gasteiger partial charge in [-0.2, -0.15) is 0 Å². The van der Waals surface area contributed by atoms with E-state index in [-0.39, 0.29) is 5.56 Å². The predicted molar refractivity (Wildman–Crippen MR) is 60.8 cm³/mol. The number of hydrogen-bond donors (Lipinski definition) is 1. The summed E-state index contributed by atoms with van der Waals surface area (Å²) in [5.41, 5.74) is 0.112. The molecule has 0 aliphatic rings. The van der Waals surface area contributed by atoms with E-state index in [0.29, 0.717) is 19.4 Å². The van der Waals surface area contributed by atoms with Crippen molar-refractivity contribution in [3.05, 3.63) is 35.1 Å². The first-order valence-electron chi connectivity index (χ1n) is 5.42. The van der Waals surface area contributed by atoms with E-state index in [2.05, 4.69) is 11.2 Å². The second-order valence-corrected chi connectivity index (χ2v) is 3.62. The molecule has 0 amide bonds. The van der Waals surface area contributed by atoms with E-state index in [9.17, 15) is 13.2 Å². The molecule has 1 atom stereocenters. The Hall–Kier alpha value is -1.47. The molecule has 92 valence electrons. The van der Waals surface area contributed by atoms with Gasteiger partial charge in [0.2, 0.25) is 0 Å². The van der Waals surface area contributed by atoms with E-state index < -0.39 is 23.5 Å². The Morgan fingerprint density at radius 2 is 2.00 bits per heavy atom. The maximum absolute atomic E-state index is 13.6. The summed E-state index contributed by atoms with van der Waals surface area (Å²) in [6.45, 7) is 2.44. The largest absolute Gasteiger partial charge is 0.310 e. The van der Waals surface area contributed by atoms with E-state index in [1.54, 1.807) is 0 Å². The van der Waals surface area contributed by atoms with Crippen LogP contribution in [0.5, 0.6) is 0 Å². The molecule has 0 bridgehead atoms. The normalized spacial score (nSPS) is 12.2. The van der Waals surface area contributed by atoms with Crippen molar-refractivity contribution >= 4 is 0 Å². The van der Waals surface area contributed by atoms with Crippen molar-refractivity contribution in [1.29, 1.82) is 0 Å². The summed E-state index contributed by atoms with van der Waals surface area (Å²) in [5.74, 6) is -1.32. The van der Waals surface area contributed by atoms with Crippen molar-refractivity contribution < 1.29 is 13.2 Å². The van der Waals surface area contributed by atoms with Crippen molar-refractivity contribution in [3.63, 3.8) is 0 Å². The van der Waals surface area contributed by atoms with Gasteiger partial charge in [-0.05, 0) is 19.0 Å². The highest BCUT2D eigenvalue weighted by Crippen LogP contribution is 2.24. The lowest BCUT2D eigenvalue weighted by molar-refractivity contribution is 0.421. The molecular formula is C13H14F3N. The molecule has 0 saturated carbocycles. The van der Waals surface area contributed by atoms with E-state index >= 15 is 0 Å². The van der Waals surface area contributed by atoms with Crippen LogP contribution in [0.2, 0.25) is 0 Å². The summed E-state index contributed by atoms with van der Waals surface area (Å²) < 4.78 is 39.4. The number of halogens is 3. The molecule has 0 saturated heterocycles. The lowest BCUT2D eigenvalue weighted by Gasteiger charge is -2.18. The molecule has 0 fully saturated rings. The van der Waals surface area contributed by atoms with Gasteiger partial charge < -0.3 is 5.32 Å². The fourth-order valence-electron chi connectivity index (χ4n) is 1.65. The summed E-state index contributed by atoms with van der Waals surface area (Å²) in [4.78, 5) is 0. The van der Waals surface area contributed by atoms with E-state index in [1.165, 1.54) is 6.07 Å². The average molecular weight is 241 g/mol. The van der Waals surface area contributed by atoms with Gasteiger partial charge in [0.1, 0.15) is 0 Å². The Bertz CT molecular complexity index is 423. The Morgan fingerprint density at radius 1 is 1.29 bits per heavy atom. The molecule has 0 spiro atoms. The molecule has 0 aliphatic heterocycles. The summed E-state index contributed by atoms with van der Waals surface area (Å²) in [5, 5.41) is 3.00. The van der Waals surface area contributed by atoms with Crippen molar-refractivity contribution in [2.75, 3.05) is 6.54 Å². The third-order valence-corrected chi connectivity index (χ3v) is 2.47. The van der Waals surface area contributed by atoms with Crippen LogP contribution in [0, 0.1) is 29.8 Å². The Morgan fingerprint density at radius 3 is 2.59 bits per heavy atom. The Kier molecular flexibility index (Phi) is 5.05. The quantitative estimate of drug-likeness (QED) is 0.616. The SMILES string of the molecule is C#CCCC(NCC)c1ccc(F)c(F)c1F. The summed E-state index contributed by atoms with van der Waals surface area (Å²) in [6.07, 6.45) is 6.06. The number of nitrogens with one attached hydrogen (secondary N) is 1. The van der Waals surface area contributed by atoms with Gasteiger partial charge in [-0.15, -0.1) is 12.3 Å². The van der Waals surface area contributed by atoms with Crippen LogP contribution in [0.25, 0.3) is 0 Å². The zero-order chi connectivity index (χ0) is 12.8. The molecule has 1 aromatic rings. The topological polar surface area (TPSA) is 12.0 Å². The van der Waals surface area contributed by atoms with Gasteiger partial charge >= 0.3 is 0 Å². The first-order valence-corrected chi connectivity index (χ1v) is 5.42. The van der Waals surface area contributed by atoms with Gasteiger partial charge in [0, 0.05) is 18.0 Å². The molecule has 1 aromatic carbocycles. The molecule has 17 heavy (non-hydrogen) atoms. The molecule has 0 radical (unpaired) electrons. The van der Waals surface area contributed by atoms with Crippen LogP contribution < -0.4 is 5.32 Å². The molecule has 0 aliphatic carbocycles. The lowest BCUT2D eigenvalue weighted by Crippen LogP contribution is -2.22. The first-order chi connectivity index (χ1) is 8.11. The van der Waals surface area contributed by atoms with Crippen LogP contribution in [0.4, 0.5) is 13.2 Å². The monoisotopic (exact) mass is 241 g/mol. The highest BCUT2D eigenvalue weighted by atomic mass is 19.2. The van der Waals surface area contributed by atoms with E-state index in [4.69, 9.17) is 6.42 Å². The average Bonchev–Trinajstić information content (AvgIpc) is 2.32. The van der Waals surface area contributed by atoms with Crippen LogP contribution in [0.3, 0.4) is 0 Å². The zero-order valence-corrected chi connectivity index (χ0v) is 9.56. The number of benzene rings is 1. The van der Waals surface area contributed by atoms with Crippen molar-refractivity contribution in [1.82, 2.24) is 5.32 Å². The van der Waals surface area contributed by atoms with Crippen LogP contribution in [-0.4, -0.2) is 6.54 Å². The maximum Gasteiger partial charge on any atom is 0.194 e. The van der Waals surface area contributed by atoms with Crippen LogP contribution in [0.15, 0.2) is 12.1 Å². The minimum Gasteiger partial charge on any atom is -0.310 e. The highest BCUT2D eigenvalue weighted by molar-refractivity contribution is 5.23. The van der Waals surface area contributed by atoms with Gasteiger partial charge in [0.05, 0.1) is 0 Å². The van der Waals surface area contributed by atoms with Crippen molar-refractivity contribution in [2.45, 2.75) is 25.8 Å². The zero-order valence-electron chi connectivity index (χ0n) is 9.56. The molecule has 0 heterocycles. The molecule has 4 heteroatoms. The molecular weight excluding hydrogens is 227 g/mol. The highest BCUT2D eigenvalue weighted by Gasteiger charge is 2.19. The molecule has 1 N–H and O–H groups in total. The van der Waals surface area contributed by atoms with E-state index in [1.807, 2.05) is 6.92 Å². The van der Waals surface area contributed by atoms with Crippen LogP contribution in [0.1, 0.15) is 31.4 Å². The standard InChI is InChI=1S/C13H14F3N/c1-3-5-6-11(17-4-2)9-7-8-10(14)13(16)12(9)15/h1,7-8,11,17H,4-6H2,2H3. The summed E-state index contributed by atoms with van der Waals surface area (Å²) in [6, 6.07) is 1.78. The molecule has 1 nitrogen and oxygen atoms in total. The second kappa shape index (κ2) is 6.31. The van der Waals surface area contributed by atoms with Crippen molar-refractivity contribution in [2.24, 2.45) is 0 Å². The molecule has 1 rings (SSSR count). The summed E-state index contributed by atoms with van der Waals surface area (Å²) in [7, 11) is 0. The van der Waals surface area contributed by atoms with Gasteiger partial charge in [-0.25, -0.2) is 13.2 Å². The van der Waals surface area contributed by atoms with Crippen LogP contribution in [-0.2, 0) is 0 Å². The Labute approximate surface area is 99.0 Å². The number of terminal acetylenes is 1. The van der Waals surface area contributed by atoms with Crippen molar-refractivity contribution in [3.8, 4) is 12.3 Å². The second-order valence-electron chi connectivity index (χ2n) is 3.62. The molecule has 0 aromatic heterocycles. The minimum absolute atomic E-state index is 0.112. The third-order valence-electron chi connectivity index (χ3n) is 2.47. The van der Waals surface area contributed by atoms with Gasteiger partial charge in [0.15, 0.2) is 17.5 Å². The maximum atomic E-state index is 13.6. The lowest BCUT2D eigenvalue weighted by atomic mass is 10.0. The fraction of sp³-hybridized carbons (Fsp3) is 0.385.